The molecule has 0 spiro atoms. The molecular formula is C24H36N4O. The number of nitrogens with one attached hydrogen (secondary N) is 2. The lowest BCUT2D eigenvalue weighted by Gasteiger charge is -2.23. The Morgan fingerprint density at radius 1 is 0.759 bits per heavy atom. The van der Waals surface area contributed by atoms with Crippen LogP contribution >= 0.6 is 0 Å². The van der Waals surface area contributed by atoms with Gasteiger partial charge in [0, 0.05) is 48.9 Å². The molecule has 0 saturated heterocycles. The van der Waals surface area contributed by atoms with Crippen molar-refractivity contribution in [2.75, 3.05) is 53.2 Å². The van der Waals surface area contributed by atoms with Gasteiger partial charge in [0.1, 0.15) is 0 Å². The van der Waals surface area contributed by atoms with E-state index in [2.05, 4.69) is 85.4 Å². The summed E-state index contributed by atoms with van der Waals surface area (Å²) in [5.74, 6) is -0.0455. The van der Waals surface area contributed by atoms with Crippen LogP contribution in [-0.2, 0) is 4.79 Å². The van der Waals surface area contributed by atoms with Crippen LogP contribution in [0.1, 0.15) is 38.8 Å². The van der Waals surface area contributed by atoms with Crippen LogP contribution < -0.4 is 20.4 Å². The number of carbonyl (C=O) groups is 1. The summed E-state index contributed by atoms with van der Waals surface area (Å²) in [5.41, 5.74) is 6.47. The fourth-order valence-electron chi connectivity index (χ4n) is 3.58. The summed E-state index contributed by atoms with van der Waals surface area (Å²) in [6.07, 6.45) is 0. The number of rotatable bonds is 10. The number of aryl methyl sites for hydroxylation is 2. The van der Waals surface area contributed by atoms with E-state index in [4.69, 9.17) is 0 Å². The minimum atomic E-state index is -0.0455. The Hall–Kier alpha value is -2.69. The van der Waals surface area contributed by atoms with Crippen molar-refractivity contribution in [1.29, 1.82) is 0 Å². The average molecular weight is 397 g/mol. The van der Waals surface area contributed by atoms with Crippen molar-refractivity contribution in [2.45, 2.75) is 41.5 Å². The highest BCUT2D eigenvalue weighted by molar-refractivity contribution is 5.94. The lowest BCUT2D eigenvalue weighted by Crippen LogP contribution is -2.24. The number of carbonyl (C=O) groups excluding carboxylic acids is 1. The van der Waals surface area contributed by atoms with Crippen molar-refractivity contribution in [1.82, 2.24) is 0 Å². The van der Waals surface area contributed by atoms with Crippen molar-refractivity contribution < 1.29 is 4.79 Å². The van der Waals surface area contributed by atoms with Crippen molar-refractivity contribution in [3.63, 3.8) is 0 Å². The zero-order valence-electron chi connectivity index (χ0n) is 18.8. The first-order valence-electron chi connectivity index (χ1n) is 10.7. The summed E-state index contributed by atoms with van der Waals surface area (Å²) in [4.78, 5) is 17.1. The molecule has 0 heterocycles. The van der Waals surface area contributed by atoms with Gasteiger partial charge in [-0.15, -0.1) is 0 Å². The van der Waals surface area contributed by atoms with Gasteiger partial charge in [-0.1, -0.05) is 0 Å². The van der Waals surface area contributed by atoms with Gasteiger partial charge in [-0.05, 0) is 89.1 Å². The van der Waals surface area contributed by atoms with Gasteiger partial charge in [0.2, 0.25) is 5.91 Å². The average Bonchev–Trinajstić information content (AvgIpc) is 2.71. The number of nitrogens with zero attached hydrogens (tertiary/aromatic N) is 2. The summed E-state index contributed by atoms with van der Waals surface area (Å²) in [6, 6.07) is 12.5. The van der Waals surface area contributed by atoms with E-state index in [1.54, 1.807) is 0 Å². The van der Waals surface area contributed by atoms with Crippen LogP contribution in [0.25, 0.3) is 0 Å². The van der Waals surface area contributed by atoms with E-state index < -0.39 is 0 Å². The minimum Gasteiger partial charge on any atom is -0.376 e. The fourth-order valence-corrected chi connectivity index (χ4v) is 3.58. The maximum Gasteiger partial charge on any atom is 0.243 e. The Labute approximate surface area is 176 Å². The van der Waals surface area contributed by atoms with Crippen LogP contribution in [0.3, 0.4) is 0 Å². The molecule has 0 atom stereocenters. The van der Waals surface area contributed by atoms with Gasteiger partial charge in [-0.25, -0.2) is 0 Å². The Morgan fingerprint density at radius 3 is 1.62 bits per heavy atom. The maximum absolute atomic E-state index is 12.5. The van der Waals surface area contributed by atoms with E-state index in [1.807, 2.05) is 13.0 Å². The van der Waals surface area contributed by atoms with Gasteiger partial charge in [-0.3, -0.25) is 4.79 Å². The molecule has 2 aromatic carbocycles. The van der Waals surface area contributed by atoms with Gasteiger partial charge in [0.05, 0.1) is 6.54 Å². The second-order valence-corrected chi connectivity index (χ2v) is 7.24. The van der Waals surface area contributed by atoms with E-state index in [9.17, 15) is 4.79 Å². The van der Waals surface area contributed by atoms with Gasteiger partial charge < -0.3 is 20.4 Å². The van der Waals surface area contributed by atoms with Crippen LogP contribution in [0.4, 0.5) is 22.7 Å². The summed E-state index contributed by atoms with van der Waals surface area (Å²) in [7, 11) is 0. The molecule has 0 fully saturated rings. The van der Waals surface area contributed by atoms with Crippen LogP contribution in [0, 0.1) is 13.8 Å². The molecule has 2 aromatic rings. The molecule has 5 nitrogen and oxygen atoms in total. The Balaban J connectivity index is 1.98. The van der Waals surface area contributed by atoms with Crippen molar-refractivity contribution in [3.05, 3.63) is 47.5 Å². The normalized spacial score (nSPS) is 10.6. The van der Waals surface area contributed by atoms with E-state index in [0.29, 0.717) is 0 Å². The van der Waals surface area contributed by atoms with Crippen LogP contribution in [0.15, 0.2) is 36.4 Å². The quantitative estimate of drug-likeness (QED) is 0.590. The summed E-state index contributed by atoms with van der Waals surface area (Å²) in [6.45, 7) is 16.9. The van der Waals surface area contributed by atoms with Gasteiger partial charge >= 0.3 is 0 Å². The second kappa shape index (κ2) is 10.7. The Bertz CT molecular complexity index is 811. The minimum absolute atomic E-state index is 0.0455. The maximum atomic E-state index is 12.5. The van der Waals surface area contributed by atoms with Crippen molar-refractivity contribution in [3.8, 4) is 0 Å². The topological polar surface area (TPSA) is 47.6 Å². The molecule has 0 aliphatic rings. The smallest absolute Gasteiger partial charge is 0.243 e. The number of hydrogen-bond donors (Lipinski definition) is 2. The molecule has 2 N–H and O–H groups in total. The third kappa shape index (κ3) is 5.89. The third-order valence-electron chi connectivity index (χ3n) is 5.39. The first-order chi connectivity index (χ1) is 13.9. The zero-order chi connectivity index (χ0) is 21.4. The molecule has 2 rings (SSSR count). The predicted octanol–water partition coefficient (Wildman–Crippen LogP) is 5.05. The zero-order valence-corrected chi connectivity index (χ0v) is 18.8. The highest BCUT2D eigenvalue weighted by Gasteiger charge is 2.09. The lowest BCUT2D eigenvalue weighted by atomic mass is 10.1. The Kier molecular flexibility index (Phi) is 8.37. The second-order valence-electron chi connectivity index (χ2n) is 7.24. The molecule has 1 amide bonds. The first kappa shape index (κ1) is 22.6. The largest absolute Gasteiger partial charge is 0.376 e. The molecule has 0 aliphatic heterocycles. The molecular weight excluding hydrogens is 360 g/mol. The predicted molar refractivity (Wildman–Crippen MR) is 127 cm³/mol. The van der Waals surface area contributed by atoms with Crippen LogP contribution in [-0.4, -0.2) is 38.6 Å². The molecule has 29 heavy (non-hydrogen) atoms. The highest BCUT2D eigenvalue weighted by atomic mass is 16.1. The number of hydrogen-bond acceptors (Lipinski definition) is 4. The molecule has 0 bridgehead atoms. The lowest BCUT2D eigenvalue weighted by molar-refractivity contribution is -0.114. The standard InChI is InChI=1S/C24H36N4O/c1-7-27(8-2)20-11-13-22(18(5)15-20)25-17-24(29)26-23-14-12-21(16-19(23)6)28(9-3)10-4/h11-16,25H,7-10,17H2,1-6H3,(H,26,29). The van der Waals surface area contributed by atoms with E-state index in [0.717, 1.165) is 48.7 Å². The SMILES string of the molecule is CCN(CC)c1ccc(NCC(=O)Nc2ccc(N(CC)CC)cc2C)c(C)c1. The molecule has 0 aromatic heterocycles. The molecule has 158 valence electrons. The molecule has 0 saturated carbocycles. The summed E-state index contributed by atoms with van der Waals surface area (Å²) in [5, 5.41) is 6.29. The van der Waals surface area contributed by atoms with Crippen molar-refractivity contribution in [2.24, 2.45) is 0 Å². The first-order valence-corrected chi connectivity index (χ1v) is 10.7. The van der Waals surface area contributed by atoms with Gasteiger partial charge in [0.15, 0.2) is 0 Å². The van der Waals surface area contributed by atoms with Crippen LogP contribution in [0.5, 0.6) is 0 Å². The van der Waals surface area contributed by atoms with Gasteiger partial charge in [0.25, 0.3) is 0 Å². The van der Waals surface area contributed by atoms with E-state index in [1.165, 1.54) is 11.4 Å². The number of benzene rings is 2. The highest BCUT2D eigenvalue weighted by Crippen LogP contribution is 2.24. The summed E-state index contributed by atoms with van der Waals surface area (Å²) < 4.78 is 0. The molecule has 5 heteroatoms. The fraction of sp³-hybridized carbons (Fsp3) is 0.458. The van der Waals surface area contributed by atoms with E-state index >= 15 is 0 Å². The molecule has 0 unspecified atom stereocenters. The van der Waals surface area contributed by atoms with Gasteiger partial charge in [-0.2, -0.15) is 0 Å². The molecule has 0 radical (unpaired) electrons. The molecule has 0 aliphatic carbocycles. The summed E-state index contributed by atoms with van der Waals surface area (Å²) >= 11 is 0. The monoisotopic (exact) mass is 396 g/mol. The van der Waals surface area contributed by atoms with Crippen molar-refractivity contribution >= 4 is 28.7 Å². The Morgan fingerprint density at radius 2 is 1.21 bits per heavy atom. The number of amides is 1. The number of anilines is 4. The van der Waals surface area contributed by atoms with E-state index in [-0.39, 0.29) is 12.5 Å². The third-order valence-corrected chi connectivity index (χ3v) is 5.39. The van der Waals surface area contributed by atoms with Crippen LogP contribution in [0.2, 0.25) is 0 Å².